The smallest absolute Gasteiger partial charge is 0.310 e. The summed E-state index contributed by atoms with van der Waals surface area (Å²) in [6, 6.07) is 6.46. The Morgan fingerprint density at radius 3 is 2.85 bits per heavy atom. The minimum absolute atomic E-state index is 0.0696. The fourth-order valence-electron chi connectivity index (χ4n) is 1.58. The summed E-state index contributed by atoms with van der Waals surface area (Å²) in [7, 11) is 0. The standard InChI is InChI=1S/C13H10BrClN2O3/c14-6-9-1-2-12(17(18)19)13(5-9)20-8-10-3-4-16-7-11(10)15/h1-5,7H,6,8H2. The highest BCUT2D eigenvalue weighted by atomic mass is 79.9. The first-order valence-electron chi connectivity index (χ1n) is 5.66. The maximum Gasteiger partial charge on any atom is 0.310 e. The van der Waals surface area contributed by atoms with E-state index in [1.165, 1.54) is 12.3 Å². The Kier molecular flexibility index (Phi) is 4.92. The summed E-state index contributed by atoms with van der Waals surface area (Å²) >= 11 is 9.27. The zero-order chi connectivity index (χ0) is 14.5. The predicted octanol–water partition coefficient (Wildman–Crippen LogP) is 4.12. The lowest BCUT2D eigenvalue weighted by Crippen LogP contribution is -2.00. The van der Waals surface area contributed by atoms with Crippen LogP contribution in [0, 0.1) is 10.1 Å². The summed E-state index contributed by atoms with van der Waals surface area (Å²) < 4.78 is 5.53. The van der Waals surface area contributed by atoms with Gasteiger partial charge < -0.3 is 4.74 Å². The minimum atomic E-state index is -0.471. The van der Waals surface area contributed by atoms with E-state index in [1.54, 1.807) is 24.4 Å². The third kappa shape index (κ3) is 3.46. The van der Waals surface area contributed by atoms with Gasteiger partial charge in [0.25, 0.3) is 0 Å². The van der Waals surface area contributed by atoms with Gasteiger partial charge in [0.05, 0.1) is 9.95 Å². The van der Waals surface area contributed by atoms with Crippen molar-refractivity contribution in [2.45, 2.75) is 11.9 Å². The average molecular weight is 358 g/mol. The maximum absolute atomic E-state index is 11.0. The van der Waals surface area contributed by atoms with Crippen LogP contribution >= 0.6 is 27.5 Å². The number of pyridine rings is 1. The first kappa shape index (κ1) is 14.7. The Labute approximate surface area is 128 Å². The highest BCUT2D eigenvalue weighted by Gasteiger charge is 2.16. The number of hydrogen-bond acceptors (Lipinski definition) is 4. The summed E-state index contributed by atoms with van der Waals surface area (Å²) in [5, 5.41) is 12.0. The fourth-order valence-corrected chi connectivity index (χ4v) is 2.11. The van der Waals surface area contributed by atoms with E-state index in [4.69, 9.17) is 16.3 Å². The molecule has 2 aromatic rings. The fraction of sp³-hybridized carbons (Fsp3) is 0.154. The third-order valence-corrected chi connectivity index (χ3v) is 3.60. The van der Waals surface area contributed by atoms with Gasteiger partial charge in [-0.3, -0.25) is 15.1 Å². The van der Waals surface area contributed by atoms with E-state index < -0.39 is 4.92 Å². The van der Waals surface area contributed by atoms with Crippen molar-refractivity contribution < 1.29 is 9.66 Å². The normalized spacial score (nSPS) is 10.3. The van der Waals surface area contributed by atoms with Crippen LogP contribution in [0.25, 0.3) is 0 Å². The number of nitrogens with zero attached hydrogens (tertiary/aromatic N) is 2. The lowest BCUT2D eigenvalue weighted by atomic mass is 10.2. The first-order valence-corrected chi connectivity index (χ1v) is 7.16. The Balaban J connectivity index is 2.24. The van der Waals surface area contributed by atoms with Gasteiger partial charge in [0.15, 0.2) is 5.75 Å². The first-order chi connectivity index (χ1) is 9.61. The zero-order valence-electron chi connectivity index (χ0n) is 10.3. The van der Waals surface area contributed by atoms with Crippen molar-refractivity contribution in [1.82, 2.24) is 4.98 Å². The van der Waals surface area contributed by atoms with Gasteiger partial charge in [0.1, 0.15) is 6.61 Å². The molecule has 0 N–H and O–H groups in total. The summed E-state index contributed by atoms with van der Waals surface area (Å²) in [5.74, 6) is 0.222. The molecule has 0 radical (unpaired) electrons. The summed E-state index contributed by atoms with van der Waals surface area (Å²) in [6.45, 7) is 0.147. The molecule has 0 atom stereocenters. The monoisotopic (exact) mass is 356 g/mol. The Morgan fingerprint density at radius 2 is 2.20 bits per heavy atom. The van der Waals surface area contributed by atoms with E-state index in [1.807, 2.05) is 0 Å². The largest absolute Gasteiger partial charge is 0.482 e. The molecule has 1 heterocycles. The third-order valence-electron chi connectivity index (χ3n) is 2.61. The number of nitro benzene ring substituents is 1. The van der Waals surface area contributed by atoms with Gasteiger partial charge in [0, 0.05) is 29.4 Å². The van der Waals surface area contributed by atoms with Gasteiger partial charge in [-0.2, -0.15) is 0 Å². The molecular formula is C13H10BrClN2O3. The van der Waals surface area contributed by atoms with Gasteiger partial charge >= 0.3 is 5.69 Å². The second-order valence-corrected chi connectivity index (χ2v) is 4.92. The Hall–Kier alpha value is -1.66. The minimum Gasteiger partial charge on any atom is -0.482 e. The van der Waals surface area contributed by atoms with Crippen LogP contribution in [0.4, 0.5) is 5.69 Å². The molecule has 0 spiro atoms. The van der Waals surface area contributed by atoms with Crippen molar-refractivity contribution in [3.05, 3.63) is 62.9 Å². The molecule has 0 aliphatic carbocycles. The molecule has 0 saturated carbocycles. The number of nitro groups is 1. The molecule has 0 saturated heterocycles. The SMILES string of the molecule is O=[N+]([O-])c1ccc(CBr)cc1OCc1ccncc1Cl. The van der Waals surface area contributed by atoms with Crippen molar-refractivity contribution in [2.75, 3.05) is 0 Å². The highest BCUT2D eigenvalue weighted by molar-refractivity contribution is 9.08. The lowest BCUT2D eigenvalue weighted by molar-refractivity contribution is -0.386. The van der Waals surface area contributed by atoms with E-state index >= 15 is 0 Å². The van der Waals surface area contributed by atoms with Gasteiger partial charge in [-0.05, 0) is 17.7 Å². The second kappa shape index (κ2) is 6.67. The quantitative estimate of drug-likeness (QED) is 0.459. The predicted molar refractivity (Wildman–Crippen MR) is 79.3 cm³/mol. The van der Waals surface area contributed by atoms with Crippen LogP contribution in [0.2, 0.25) is 5.02 Å². The molecule has 0 aliphatic rings. The molecule has 0 aliphatic heterocycles. The Morgan fingerprint density at radius 1 is 1.40 bits per heavy atom. The number of benzene rings is 1. The second-order valence-electron chi connectivity index (χ2n) is 3.95. The Bertz CT molecular complexity index is 637. The average Bonchev–Trinajstić information content (AvgIpc) is 2.46. The van der Waals surface area contributed by atoms with E-state index in [9.17, 15) is 10.1 Å². The molecule has 5 nitrogen and oxygen atoms in total. The molecule has 1 aromatic heterocycles. The lowest BCUT2D eigenvalue weighted by Gasteiger charge is -2.09. The molecule has 2 rings (SSSR count). The number of rotatable bonds is 5. The van der Waals surface area contributed by atoms with Crippen molar-refractivity contribution in [1.29, 1.82) is 0 Å². The van der Waals surface area contributed by atoms with Crippen LogP contribution in [-0.4, -0.2) is 9.91 Å². The molecule has 0 bridgehead atoms. The number of alkyl halides is 1. The van der Waals surface area contributed by atoms with Crippen molar-refractivity contribution >= 4 is 33.2 Å². The van der Waals surface area contributed by atoms with Crippen LogP contribution in [-0.2, 0) is 11.9 Å². The van der Waals surface area contributed by atoms with Crippen LogP contribution in [0.1, 0.15) is 11.1 Å². The summed E-state index contributed by atoms with van der Waals surface area (Å²) in [4.78, 5) is 14.4. The molecule has 0 amide bonds. The van der Waals surface area contributed by atoms with Crippen molar-refractivity contribution in [3.8, 4) is 5.75 Å². The highest BCUT2D eigenvalue weighted by Crippen LogP contribution is 2.30. The summed E-state index contributed by atoms with van der Waals surface area (Å²) in [6.07, 6.45) is 3.09. The molecule has 0 unspecified atom stereocenters. The van der Waals surface area contributed by atoms with Crippen LogP contribution < -0.4 is 4.74 Å². The van der Waals surface area contributed by atoms with Gasteiger partial charge in [-0.1, -0.05) is 33.6 Å². The van der Waals surface area contributed by atoms with Gasteiger partial charge in [-0.15, -0.1) is 0 Å². The molecular weight excluding hydrogens is 348 g/mol. The molecule has 1 aromatic carbocycles. The number of ether oxygens (including phenoxy) is 1. The van der Waals surface area contributed by atoms with Crippen LogP contribution in [0.5, 0.6) is 5.75 Å². The molecule has 7 heteroatoms. The van der Waals surface area contributed by atoms with E-state index in [2.05, 4.69) is 20.9 Å². The van der Waals surface area contributed by atoms with Gasteiger partial charge in [0.2, 0.25) is 0 Å². The molecule has 20 heavy (non-hydrogen) atoms. The maximum atomic E-state index is 11.0. The molecule has 0 fully saturated rings. The topological polar surface area (TPSA) is 65.3 Å². The number of hydrogen-bond donors (Lipinski definition) is 0. The molecule has 104 valence electrons. The zero-order valence-corrected chi connectivity index (χ0v) is 12.6. The summed E-state index contributed by atoms with van der Waals surface area (Å²) in [5.41, 5.74) is 1.55. The van der Waals surface area contributed by atoms with Crippen LogP contribution in [0.15, 0.2) is 36.7 Å². The van der Waals surface area contributed by atoms with E-state index in [-0.39, 0.29) is 18.0 Å². The van der Waals surface area contributed by atoms with Gasteiger partial charge in [-0.25, -0.2) is 0 Å². The van der Waals surface area contributed by atoms with Crippen molar-refractivity contribution in [3.63, 3.8) is 0 Å². The number of aromatic nitrogens is 1. The van der Waals surface area contributed by atoms with E-state index in [0.29, 0.717) is 10.4 Å². The number of halogens is 2. The van der Waals surface area contributed by atoms with E-state index in [0.717, 1.165) is 11.1 Å². The van der Waals surface area contributed by atoms with Crippen molar-refractivity contribution in [2.24, 2.45) is 0 Å². The van der Waals surface area contributed by atoms with Crippen LogP contribution in [0.3, 0.4) is 0 Å².